The van der Waals surface area contributed by atoms with Crippen LogP contribution in [0.1, 0.15) is 5.69 Å². The SMILES string of the molecule is CSCC1(C(=O)O)CS[C@@H]2C(NC(=O)Cc3csc(N)n3)C(=O)N2C1. The highest BCUT2D eigenvalue weighted by atomic mass is 32.2. The van der Waals surface area contributed by atoms with Crippen LogP contribution in [0.25, 0.3) is 0 Å². The summed E-state index contributed by atoms with van der Waals surface area (Å²) in [5.41, 5.74) is 5.19. The summed E-state index contributed by atoms with van der Waals surface area (Å²) in [6.07, 6.45) is 1.92. The minimum atomic E-state index is -0.927. The van der Waals surface area contributed by atoms with E-state index in [-0.39, 0.29) is 30.2 Å². The number of nitrogens with zero attached hydrogens (tertiary/aromatic N) is 2. The first-order valence-electron chi connectivity index (χ1n) is 7.50. The number of fused-ring (bicyclic) bond motifs is 1. The molecule has 136 valence electrons. The molecule has 0 bridgehead atoms. The number of thioether (sulfide) groups is 2. The van der Waals surface area contributed by atoms with Gasteiger partial charge in [0.15, 0.2) is 5.13 Å². The van der Waals surface area contributed by atoms with Gasteiger partial charge in [-0.2, -0.15) is 11.8 Å². The fraction of sp³-hybridized carbons (Fsp3) is 0.571. The number of carbonyl (C=O) groups excluding carboxylic acids is 2. The third-order valence-corrected chi connectivity index (χ3v) is 7.40. The molecule has 2 fully saturated rings. The van der Waals surface area contributed by atoms with E-state index in [9.17, 15) is 19.5 Å². The lowest BCUT2D eigenvalue weighted by Gasteiger charge is -2.53. The fourth-order valence-corrected chi connectivity index (χ4v) is 6.08. The molecule has 2 aliphatic heterocycles. The van der Waals surface area contributed by atoms with Gasteiger partial charge in [0.2, 0.25) is 11.8 Å². The molecule has 3 rings (SSSR count). The van der Waals surface area contributed by atoms with Crippen molar-refractivity contribution in [3.8, 4) is 0 Å². The highest BCUT2D eigenvalue weighted by Gasteiger charge is 2.57. The van der Waals surface area contributed by atoms with Crippen LogP contribution >= 0.6 is 34.9 Å². The van der Waals surface area contributed by atoms with E-state index in [0.29, 0.717) is 22.3 Å². The number of hydrogen-bond donors (Lipinski definition) is 3. The number of anilines is 1. The number of nitrogens with two attached hydrogens (primary N) is 1. The van der Waals surface area contributed by atoms with E-state index in [4.69, 9.17) is 5.73 Å². The highest BCUT2D eigenvalue weighted by Crippen LogP contribution is 2.43. The lowest BCUT2D eigenvalue weighted by atomic mass is 9.89. The minimum Gasteiger partial charge on any atom is -0.481 e. The molecule has 0 aliphatic carbocycles. The van der Waals surface area contributed by atoms with E-state index in [1.54, 1.807) is 10.3 Å². The van der Waals surface area contributed by atoms with Crippen molar-refractivity contribution in [1.29, 1.82) is 0 Å². The number of hydrogen-bond acceptors (Lipinski definition) is 8. The molecule has 3 atom stereocenters. The van der Waals surface area contributed by atoms with Crippen LogP contribution in [0.3, 0.4) is 0 Å². The Hall–Kier alpha value is -1.46. The van der Waals surface area contributed by atoms with Crippen LogP contribution in [0.4, 0.5) is 5.13 Å². The van der Waals surface area contributed by atoms with Crippen LogP contribution in [0.2, 0.25) is 0 Å². The molecule has 0 aromatic carbocycles. The zero-order valence-electron chi connectivity index (χ0n) is 13.4. The van der Waals surface area contributed by atoms with Crippen molar-refractivity contribution in [3.63, 3.8) is 0 Å². The van der Waals surface area contributed by atoms with Gasteiger partial charge in [0.05, 0.1) is 12.1 Å². The lowest BCUT2D eigenvalue weighted by Crippen LogP contribution is -2.74. The standard InChI is InChI=1S/C14H18N4O4S3/c1-23-5-14(12(21)22)4-18-10(20)9(11(18)25-6-14)17-8(19)2-7-3-24-13(15)16-7/h3,9,11H,2,4-6H2,1H3,(H2,15,16)(H,17,19)(H,21,22)/t9?,11-,14?/m1/s1. The maximum atomic E-state index is 12.4. The zero-order chi connectivity index (χ0) is 18.2. The molecular weight excluding hydrogens is 384 g/mol. The summed E-state index contributed by atoms with van der Waals surface area (Å²) < 4.78 is 0. The Kier molecular flexibility index (Phi) is 5.16. The van der Waals surface area contributed by atoms with Crippen molar-refractivity contribution in [2.45, 2.75) is 17.8 Å². The number of nitrogen functional groups attached to an aromatic ring is 1. The van der Waals surface area contributed by atoms with Gasteiger partial charge in [-0.05, 0) is 6.26 Å². The van der Waals surface area contributed by atoms with E-state index in [2.05, 4.69) is 10.3 Å². The number of carbonyl (C=O) groups is 3. The molecule has 0 spiro atoms. The Morgan fingerprint density at radius 3 is 2.96 bits per heavy atom. The van der Waals surface area contributed by atoms with Gasteiger partial charge in [-0.25, -0.2) is 4.98 Å². The monoisotopic (exact) mass is 402 g/mol. The van der Waals surface area contributed by atoms with Gasteiger partial charge in [-0.15, -0.1) is 23.1 Å². The van der Waals surface area contributed by atoms with Crippen molar-refractivity contribution in [2.75, 3.05) is 30.0 Å². The minimum absolute atomic E-state index is 0.0698. The Morgan fingerprint density at radius 2 is 2.36 bits per heavy atom. The normalized spacial score (nSPS) is 28.2. The molecular formula is C14H18N4O4S3. The largest absolute Gasteiger partial charge is 0.481 e. The third kappa shape index (κ3) is 3.44. The van der Waals surface area contributed by atoms with Crippen LogP contribution in [0.15, 0.2) is 5.38 Å². The number of thiazole rings is 1. The van der Waals surface area contributed by atoms with Gasteiger partial charge >= 0.3 is 5.97 Å². The number of carboxylic acid groups (broad SMARTS) is 1. The first-order valence-corrected chi connectivity index (χ1v) is 10.8. The summed E-state index contributed by atoms with van der Waals surface area (Å²) in [6, 6.07) is -0.602. The van der Waals surface area contributed by atoms with Crippen LogP contribution in [0.5, 0.6) is 0 Å². The Morgan fingerprint density at radius 1 is 1.60 bits per heavy atom. The van der Waals surface area contributed by atoms with Gasteiger partial charge in [0, 0.05) is 23.4 Å². The Labute approximate surface area is 156 Å². The van der Waals surface area contributed by atoms with E-state index in [1.165, 1.54) is 34.9 Å². The van der Waals surface area contributed by atoms with Crippen molar-refractivity contribution in [1.82, 2.24) is 15.2 Å². The summed E-state index contributed by atoms with van der Waals surface area (Å²) in [5, 5.41) is 14.2. The molecule has 0 saturated carbocycles. The van der Waals surface area contributed by atoms with Crippen molar-refractivity contribution in [2.24, 2.45) is 5.41 Å². The number of amides is 2. The summed E-state index contributed by atoms with van der Waals surface area (Å²) in [5.74, 6) is -0.520. The highest BCUT2D eigenvalue weighted by molar-refractivity contribution is 8.00. The summed E-state index contributed by atoms with van der Waals surface area (Å²) in [7, 11) is 0. The molecule has 2 amide bonds. The van der Waals surface area contributed by atoms with Crippen LogP contribution < -0.4 is 11.1 Å². The van der Waals surface area contributed by atoms with E-state index in [1.807, 2.05) is 6.26 Å². The number of rotatable bonds is 6. The molecule has 0 radical (unpaired) electrons. The first kappa shape index (κ1) is 18.3. The van der Waals surface area contributed by atoms with Crippen LogP contribution in [-0.4, -0.2) is 68.5 Å². The average Bonchev–Trinajstić information content (AvgIpc) is 2.97. The Bertz CT molecular complexity index is 712. The van der Waals surface area contributed by atoms with Crippen molar-refractivity contribution in [3.05, 3.63) is 11.1 Å². The smallest absolute Gasteiger partial charge is 0.313 e. The maximum Gasteiger partial charge on any atom is 0.313 e. The molecule has 1 aromatic heterocycles. The first-order chi connectivity index (χ1) is 11.9. The molecule has 2 unspecified atom stereocenters. The summed E-state index contributed by atoms with van der Waals surface area (Å²) in [4.78, 5) is 41.7. The number of carboxylic acids is 1. The topological polar surface area (TPSA) is 126 Å². The second kappa shape index (κ2) is 7.04. The van der Waals surface area contributed by atoms with Crippen molar-refractivity contribution < 1.29 is 19.5 Å². The van der Waals surface area contributed by atoms with Gasteiger partial charge in [-0.3, -0.25) is 14.4 Å². The number of aromatic nitrogens is 1. The molecule has 8 nitrogen and oxygen atoms in total. The third-order valence-electron chi connectivity index (χ3n) is 4.25. The van der Waals surface area contributed by atoms with Gasteiger partial charge < -0.3 is 21.1 Å². The van der Waals surface area contributed by atoms with E-state index < -0.39 is 17.4 Å². The summed E-state index contributed by atoms with van der Waals surface area (Å²) >= 11 is 4.14. The fourth-order valence-electron chi connectivity index (χ4n) is 2.98. The average molecular weight is 403 g/mol. The zero-order valence-corrected chi connectivity index (χ0v) is 15.9. The van der Waals surface area contributed by atoms with Gasteiger partial charge in [-0.1, -0.05) is 0 Å². The second-order valence-corrected chi connectivity index (χ2v) is 8.95. The molecule has 3 heterocycles. The number of β-lactam (4-membered cyclic amide) rings is 1. The quantitative estimate of drug-likeness (QED) is 0.572. The van der Waals surface area contributed by atoms with E-state index >= 15 is 0 Å². The Balaban J connectivity index is 1.60. The van der Waals surface area contributed by atoms with Crippen LogP contribution in [-0.2, 0) is 20.8 Å². The predicted octanol–water partition coefficient (Wildman–Crippen LogP) is 0.102. The van der Waals surface area contributed by atoms with E-state index in [0.717, 1.165) is 0 Å². The van der Waals surface area contributed by atoms with Gasteiger partial charge in [0.25, 0.3) is 0 Å². The molecule has 2 aliphatic rings. The maximum absolute atomic E-state index is 12.4. The molecule has 25 heavy (non-hydrogen) atoms. The molecule has 1 aromatic rings. The molecule has 4 N–H and O–H groups in total. The van der Waals surface area contributed by atoms with Crippen molar-refractivity contribution >= 4 is 57.8 Å². The molecule has 2 saturated heterocycles. The second-order valence-electron chi connectivity index (χ2n) is 6.09. The molecule has 11 heteroatoms. The lowest BCUT2D eigenvalue weighted by molar-refractivity contribution is -0.157. The number of aliphatic carboxylic acids is 1. The number of nitrogens with one attached hydrogen (secondary N) is 1. The summed E-state index contributed by atoms with van der Waals surface area (Å²) in [6.45, 7) is 0.189. The van der Waals surface area contributed by atoms with Crippen LogP contribution in [0, 0.1) is 5.41 Å². The predicted molar refractivity (Wildman–Crippen MR) is 98.6 cm³/mol. The van der Waals surface area contributed by atoms with Gasteiger partial charge in [0.1, 0.15) is 16.8 Å².